The van der Waals surface area contributed by atoms with Gasteiger partial charge in [0.05, 0.1) is 23.0 Å². The fourth-order valence-electron chi connectivity index (χ4n) is 3.03. The van der Waals surface area contributed by atoms with Crippen LogP contribution >= 0.6 is 0 Å². The Balaban J connectivity index is 2.62. The molecule has 1 heterocycles. The van der Waals surface area contributed by atoms with Gasteiger partial charge in [0.1, 0.15) is 11.6 Å². The van der Waals surface area contributed by atoms with Crippen LogP contribution in [-0.4, -0.2) is 22.7 Å². The van der Waals surface area contributed by atoms with Crippen LogP contribution in [0, 0.1) is 18.3 Å². The van der Waals surface area contributed by atoms with Gasteiger partial charge >= 0.3 is 0 Å². The minimum Gasteiger partial charge on any atom is -0.438 e. The Morgan fingerprint density at radius 3 is 2.62 bits per heavy atom. The van der Waals surface area contributed by atoms with Gasteiger partial charge in [-0.25, -0.2) is 4.98 Å². The summed E-state index contributed by atoms with van der Waals surface area (Å²) in [5.41, 5.74) is 10.9. The third-order valence-electron chi connectivity index (χ3n) is 5.43. The Bertz CT molecular complexity index is 1080. The van der Waals surface area contributed by atoms with Gasteiger partial charge in [-0.3, -0.25) is 4.99 Å². The molecule has 0 aliphatic heterocycles. The molecular formula is C26H33N5O. The summed E-state index contributed by atoms with van der Waals surface area (Å²) in [4.78, 5) is 13.8. The quantitative estimate of drug-likeness (QED) is 0.485. The Morgan fingerprint density at radius 2 is 2.03 bits per heavy atom. The van der Waals surface area contributed by atoms with Crippen molar-refractivity contribution in [3.05, 3.63) is 64.1 Å². The summed E-state index contributed by atoms with van der Waals surface area (Å²) in [7, 11) is 0. The third-order valence-corrected chi connectivity index (χ3v) is 5.43. The highest BCUT2D eigenvalue weighted by atomic mass is 16.5. The van der Waals surface area contributed by atoms with E-state index in [1.807, 2.05) is 39.0 Å². The van der Waals surface area contributed by atoms with Crippen LogP contribution in [0.3, 0.4) is 0 Å². The number of hydrogen-bond donors (Lipinski definition) is 1. The van der Waals surface area contributed by atoms with Crippen molar-refractivity contribution in [2.24, 2.45) is 10.7 Å². The highest BCUT2D eigenvalue weighted by molar-refractivity contribution is 5.86. The molecule has 1 atom stereocenters. The molecule has 0 amide bonds. The smallest absolute Gasteiger partial charge is 0.222 e. The number of nitrogens with zero attached hydrogens (tertiary/aromatic N) is 4. The van der Waals surface area contributed by atoms with E-state index < -0.39 is 0 Å². The largest absolute Gasteiger partial charge is 0.438 e. The molecule has 1 aromatic carbocycles. The Hall–Kier alpha value is -3.30. The first-order valence-corrected chi connectivity index (χ1v) is 11.0. The van der Waals surface area contributed by atoms with Gasteiger partial charge in [-0.2, -0.15) is 10.2 Å². The molecule has 32 heavy (non-hydrogen) atoms. The maximum absolute atomic E-state index is 9.45. The van der Waals surface area contributed by atoms with E-state index in [1.165, 1.54) is 0 Å². The van der Waals surface area contributed by atoms with E-state index in [9.17, 15) is 5.26 Å². The summed E-state index contributed by atoms with van der Waals surface area (Å²) >= 11 is 0. The summed E-state index contributed by atoms with van der Waals surface area (Å²) in [5.74, 6) is 1.93. The normalized spacial score (nSPS) is 13.6. The van der Waals surface area contributed by atoms with Crippen molar-refractivity contribution in [1.82, 2.24) is 9.97 Å². The lowest BCUT2D eigenvalue weighted by molar-refractivity contribution is 0.455. The van der Waals surface area contributed by atoms with E-state index in [4.69, 9.17) is 15.5 Å². The predicted octanol–water partition coefficient (Wildman–Crippen LogP) is 6.08. The van der Waals surface area contributed by atoms with Crippen molar-refractivity contribution in [1.29, 1.82) is 5.26 Å². The van der Waals surface area contributed by atoms with Gasteiger partial charge in [0.15, 0.2) is 0 Å². The van der Waals surface area contributed by atoms with Crippen molar-refractivity contribution >= 4 is 11.9 Å². The molecule has 0 saturated carbocycles. The highest BCUT2D eigenvalue weighted by Crippen LogP contribution is 2.34. The Kier molecular flexibility index (Phi) is 9.30. The lowest BCUT2D eigenvalue weighted by Gasteiger charge is -2.15. The van der Waals surface area contributed by atoms with Gasteiger partial charge in [0.25, 0.3) is 0 Å². The molecule has 0 saturated heterocycles. The molecule has 2 aromatic rings. The molecule has 0 spiro atoms. The Morgan fingerprint density at radius 1 is 1.28 bits per heavy atom. The third kappa shape index (κ3) is 6.35. The first kappa shape index (κ1) is 25.0. The number of nitrogens with two attached hydrogens (primary N) is 1. The fraction of sp³-hybridized carbons (Fsp3) is 0.385. The van der Waals surface area contributed by atoms with Gasteiger partial charge in [0, 0.05) is 24.4 Å². The second kappa shape index (κ2) is 11.9. The van der Waals surface area contributed by atoms with Crippen LogP contribution in [0.4, 0.5) is 0 Å². The topological polar surface area (TPSA) is 97.2 Å². The number of benzene rings is 1. The van der Waals surface area contributed by atoms with Crippen LogP contribution in [0.5, 0.6) is 11.6 Å². The molecule has 0 aliphatic carbocycles. The summed E-state index contributed by atoms with van der Waals surface area (Å²) in [6, 6.07) is 9.44. The lowest BCUT2D eigenvalue weighted by Crippen LogP contribution is -2.04. The zero-order valence-electron chi connectivity index (χ0n) is 19.9. The SMILES string of the molecule is C\C=C(/C=N/C(=C(/C)CC)c1ccc(C#N)cc1Oc1cc(C(C)CC)nc(C)n1)CN. The number of nitriles is 1. The van der Waals surface area contributed by atoms with Gasteiger partial charge in [-0.1, -0.05) is 26.8 Å². The van der Waals surface area contributed by atoms with Crippen LogP contribution in [0.2, 0.25) is 0 Å². The van der Waals surface area contributed by atoms with E-state index in [-0.39, 0.29) is 0 Å². The maximum atomic E-state index is 9.45. The number of aromatic nitrogens is 2. The molecule has 2 rings (SSSR count). The van der Waals surface area contributed by atoms with Gasteiger partial charge < -0.3 is 10.5 Å². The molecule has 1 aromatic heterocycles. The summed E-state index contributed by atoms with van der Waals surface area (Å²) < 4.78 is 6.25. The van der Waals surface area contributed by atoms with E-state index in [1.54, 1.807) is 18.3 Å². The average Bonchev–Trinajstić information content (AvgIpc) is 2.81. The van der Waals surface area contributed by atoms with Gasteiger partial charge in [0.2, 0.25) is 5.88 Å². The minimum absolute atomic E-state index is 0.293. The molecular weight excluding hydrogens is 398 g/mol. The van der Waals surface area contributed by atoms with Crippen molar-refractivity contribution in [3.63, 3.8) is 0 Å². The molecule has 6 heteroatoms. The van der Waals surface area contributed by atoms with E-state index in [0.717, 1.165) is 40.9 Å². The zero-order chi connectivity index (χ0) is 23.7. The highest BCUT2D eigenvalue weighted by Gasteiger charge is 2.15. The standard InChI is InChI=1S/C26H33N5O/c1-7-17(4)23-13-25(31-19(6)30-23)32-24-12-21(15-28)10-11-22(24)26(18(5)8-2)29-16-20(9-3)14-27/h9-13,16-17H,7-8,14,27H2,1-6H3/b20-9-,26-18-,29-16+. The van der Waals surface area contributed by atoms with Gasteiger partial charge in [-0.15, -0.1) is 0 Å². The molecule has 0 bridgehead atoms. The monoisotopic (exact) mass is 431 g/mol. The molecule has 2 N–H and O–H groups in total. The van der Waals surface area contributed by atoms with Crippen LogP contribution in [-0.2, 0) is 0 Å². The first-order valence-electron chi connectivity index (χ1n) is 11.0. The van der Waals surface area contributed by atoms with Crippen LogP contribution in [0.15, 0.2) is 46.5 Å². The summed E-state index contributed by atoms with van der Waals surface area (Å²) in [6.07, 6.45) is 5.52. The second-order valence-electron chi connectivity index (χ2n) is 7.72. The predicted molar refractivity (Wildman–Crippen MR) is 131 cm³/mol. The molecule has 1 unspecified atom stereocenters. The number of aliphatic imine (C=N–C) groups is 1. The average molecular weight is 432 g/mol. The zero-order valence-corrected chi connectivity index (χ0v) is 19.9. The molecule has 0 aliphatic rings. The van der Waals surface area contributed by atoms with Crippen LogP contribution < -0.4 is 10.5 Å². The van der Waals surface area contributed by atoms with Crippen molar-refractivity contribution < 1.29 is 4.74 Å². The minimum atomic E-state index is 0.293. The van der Waals surface area contributed by atoms with E-state index in [2.05, 4.69) is 36.8 Å². The van der Waals surface area contributed by atoms with Gasteiger partial charge in [-0.05, 0) is 68.9 Å². The number of aryl methyl sites for hydroxylation is 1. The molecule has 0 fully saturated rings. The summed E-state index contributed by atoms with van der Waals surface area (Å²) in [6.45, 7) is 12.6. The van der Waals surface area contributed by atoms with Crippen molar-refractivity contribution in [3.8, 4) is 17.7 Å². The molecule has 6 nitrogen and oxygen atoms in total. The molecule has 168 valence electrons. The number of rotatable bonds is 9. The lowest BCUT2D eigenvalue weighted by atomic mass is 10.0. The Labute approximate surface area is 191 Å². The molecule has 0 radical (unpaired) electrons. The first-order chi connectivity index (χ1) is 15.4. The van der Waals surface area contributed by atoms with Crippen LogP contribution in [0.1, 0.15) is 76.0 Å². The van der Waals surface area contributed by atoms with Crippen LogP contribution in [0.25, 0.3) is 5.70 Å². The van der Waals surface area contributed by atoms with Crippen molar-refractivity contribution in [2.75, 3.05) is 6.54 Å². The number of allylic oxidation sites excluding steroid dienone is 2. The number of ether oxygens (including phenoxy) is 1. The maximum Gasteiger partial charge on any atom is 0.222 e. The summed E-state index contributed by atoms with van der Waals surface area (Å²) in [5, 5.41) is 9.45. The second-order valence-corrected chi connectivity index (χ2v) is 7.72. The van der Waals surface area contributed by atoms with E-state index >= 15 is 0 Å². The van der Waals surface area contributed by atoms with E-state index in [0.29, 0.717) is 35.5 Å². The number of hydrogen-bond acceptors (Lipinski definition) is 6. The fourth-order valence-corrected chi connectivity index (χ4v) is 3.03. The van der Waals surface area contributed by atoms with Crippen molar-refractivity contribution in [2.45, 2.75) is 60.3 Å².